The minimum absolute atomic E-state index is 0.0973. The highest BCUT2D eigenvalue weighted by Gasteiger charge is 2.19. The lowest BCUT2D eigenvalue weighted by Crippen LogP contribution is -2.41. The van der Waals surface area contributed by atoms with Crippen LogP contribution in [0.15, 0.2) is 53.5 Å². The number of hydrogen-bond donors (Lipinski definition) is 3. The number of para-hydroxylation sites is 1. The first-order valence-electron chi connectivity index (χ1n) is 12.2. The largest absolute Gasteiger partial charge is 0.347 e. The molecule has 37 heavy (non-hydrogen) atoms. The van der Waals surface area contributed by atoms with Crippen LogP contribution in [0.2, 0.25) is 0 Å². The van der Waals surface area contributed by atoms with Crippen molar-refractivity contribution in [3.05, 3.63) is 70.4 Å². The van der Waals surface area contributed by atoms with Crippen molar-refractivity contribution in [3.63, 3.8) is 0 Å². The number of likely N-dealkylation sites (N-methyl/N-ethyl adjacent to an activating group) is 1. The Morgan fingerprint density at radius 3 is 2.68 bits per heavy atom. The molecule has 0 saturated heterocycles. The van der Waals surface area contributed by atoms with Gasteiger partial charge in [-0.1, -0.05) is 32.1 Å². The molecule has 3 aromatic rings. The summed E-state index contributed by atoms with van der Waals surface area (Å²) < 4.78 is 1.47. The summed E-state index contributed by atoms with van der Waals surface area (Å²) in [7, 11) is 3.28. The molecule has 0 radical (unpaired) electrons. The minimum atomic E-state index is -0.862. The van der Waals surface area contributed by atoms with Gasteiger partial charge in [-0.25, -0.2) is 4.98 Å². The van der Waals surface area contributed by atoms with Crippen molar-refractivity contribution < 1.29 is 14.4 Å². The highest BCUT2D eigenvalue weighted by Crippen LogP contribution is 2.20. The molecule has 0 aliphatic rings. The molecule has 10 nitrogen and oxygen atoms in total. The van der Waals surface area contributed by atoms with E-state index < -0.39 is 11.9 Å². The van der Waals surface area contributed by atoms with Crippen LogP contribution in [0.1, 0.15) is 38.1 Å². The number of nitrogens with one attached hydrogen (secondary N) is 3. The molecule has 0 aliphatic heterocycles. The summed E-state index contributed by atoms with van der Waals surface area (Å²) in [5, 5.41) is 5.10. The molecule has 0 saturated carbocycles. The zero-order chi connectivity index (χ0) is 26.9. The summed E-state index contributed by atoms with van der Waals surface area (Å²) in [6.07, 6.45) is 6.69. The Bertz CT molecular complexity index is 1340. The zero-order valence-electron chi connectivity index (χ0n) is 21.7. The smallest absolute Gasteiger partial charge is 0.274 e. The number of imidazole rings is 1. The third kappa shape index (κ3) is 7.39. The number of aromatic nitrogens is 3. The van der Waals surface area contributed by atoms with Gasteiger partial charge >= 0.3 is 0 Å². The van der Waals surface area contributed by atoms with E-state index in [1.807, 2.05) is 12.1 Å². The van der Waals surface area contributed by atoms with Crippen LogP contribution in [0.4, 0.5) is 5.69 Å². The van der Waals surface area contributed by atoms with Gasteiger partial charge < -0.3 is 25.1 Å². The summed E-state index contributed by atoms with van der Waals surface area (Å²) in [4.78, 5) is 58.0. The number of nitrogens with zero attached hydrogens (tertiary/aromatic N) is 3. The molecule has 3 rings (SSSR count). The fourth-order valence-electron chi connectivity index (χ4n) is 3.93. The molecule has 10 heteroatoms. The van der Waals surface area contributed by atoms with Crippen LogP contribution < -0.4 is 16.2 Å². The number of rotatable bonds is 12. The second kappa shape index (κ2) is 12.7. The summed E-state index contributed by atoms with van der Waals surface area (Å²) >= 11 is 0. The maximum absolute atomic E-state index is 13.1. The molecule has 1 aromatic carbocycles. The van der Waals surface area contributed by atoms with Crippen molar-refractivity contribution >= 4 is 34.9 Å². The first-order valence-corrected chi connectivity index (χ1v) is 12.2. The van der Waals surface area contributed by atoms with E-state index in [1.165, 1.54) is 21.6 Å². The van der Waals surface area contributed by atoms with Gasteiger partial charge in [0.1, 0.15) is 17.6 Å². The van der Waals surface area contributed by atoms with Crippen molar-refractivity contribution in [2.45, 2.75) is 45.7 Å². The van der Waals surface area contributed by atoms with Crippen LogP contribution in [0, 0.1) is 5.92 Å². The molecule has 0 bridgehead atoms. The average molecular weight is 507 g/mol. The molecular weight excluding hydrogens is 472 g/mol. The first-order chi connectivity index (χ1) is 17.7. The van der Waals surface area contributed by atoms with E-state index in [-0.39, 0.29) is 30.1 Å². The average Bonchev–Trinajstić information content (AvgIpc) is 3.26. The van der Waals surface area contributed by atoms with Crippen LogP contribution in [-0.2, 0) is 27.3 Å². The van der Waals surface area contributed by atoms with Crippen molar-refractivity contribution in [1.82, 2.24) is 24.8 Å². The van der Waals surface area contributed by atoms with Gasteiger partial charge in [0.2, 0.25) is 18.2 Å². The highest BCUT2D eigenvalue weighted by molar-refractivity contribution is 5.95. The Morgan fingerprint density at radius 2 is 1.97 bits per heavy atom. The van der Waals surface area contributed by atoms with Gasteiger partial charge in [-0.15, -0.1) is 0 Å². The van der Waals surface area contributed by atoms with Crippen molar-refractivity contribution in [1.29, 1.82) is 0 Å². The number of fused-ring (bicyclic) bond motifs is 1. The van der Waals surface area contributed by atoms with Gasteiger partial charge in [0.05, 0.1) is 17.6 Å². The maximum atomic E-state index is 13.1. The van der Waals surface area contributed by atoms with E-state index in [0.717, 1.165) is 23.0 Å². The third-order valence-corrected chi connectivity index (χ3v) is 5.78. The molecular formula is C27H34N6O4. The molecule has 2 heterocycles. The lowest BCUT2D eigenvalue weighted by Gasteiger charge is -2.15. The molecule has 0 fully saturated rings. The van der Waals surface area contributed by atoms with Crippen LogP contribution in [-0.4, -0.2) is 57.8 Å². The molecule has 3 amide bonds. The summed E-state index contributed by atoms with van der Waals surface area (Å²) in [6, 6.07) is 8.34. The minimum Gasteiger partial charge on any atom is -0.347 e. The van der Waals surface area contributed by atoms with Crippen LogP contribution >= 0.6 is 0 Å². The van der Waals surface area contributed by atoms with E-state index >= 15 is 0 Å². The van der Waals surface area contributed by atoms with Gasteiger partial charge in [-0.3, -0.25) is 19.2 Å². The van der Waals surface area contributed by atoms with Gasteiger partial charge in [0.25, 0.3) is 5.56 Å². The Kier molecular flexibility index (Phi) is 9.37. The SMILES string of the molecule is CC(C)Cc1cccc2[nH]c(Cn3cccc(NC(=O)[C@H](CC/C=C/C(=O)N(C)C)NC=O)c3=O)nc12. The lowest BCUT2D eigenvalue weighted by atomic mass is 10.0. The van der Waals surface area contributed by atoms with Gasteiger partial charge in [-0.2, -0.15) is 0 Å². The van der Waals surface area contributed by atoms with Crippen molar-refractivity contribution in [2.75, 3.05) is 19.4 Å². The van der Waals surface area contributed by atoms with E-state index in [1.54, 1.807) is 32.4 Å². The Balaban J connectivity index is 1.72. The number of carbonyl (C=O) groups excluding carboxylic acids is 3. The van der Waals surface area contributed by atoms with Gasteiger partial charge in [0.15, 0.2) is 0 Å². The number of allylic oxidation sites excluding steroid dienone is 1. The summed E-state index contributed by atoms with van der Waals surface area (Å²) in [5.74, 6) is 0.435. The number of benzene rings is 1. The van der Waals surface area contributed by atoms with E-state index in [0.29, 0.717) is 24.6 Å². The predicted octanol–water partition coefficient (Wildman–Crippen LogP) is 2.45. The predicted molar refractivity (Wildman–Crippen MR) is 143 cm³/mol. The molecule has 0 aliphatic carbocycles. The maximum Gasteiger partial charge on any atom is 0.274 e. The number of aromatic amines is 1. The van der Waals surface area contributed by atoms with E-state index in [4.69, 9.17) is 4.98 Å². The van der Waals surface area contributed by atoms with Crippen LogP contribution in [0.25, 0.3) is 11.0 Å². The van der Waals surface area contributed by atoms with Crippen molar-refractivity contribution in [2.24, 2.45) is 5.92 Å². The second-order valence-corrected chi connectivity index (χ2v) is 9.49. The number of pyridine rings is 1. The van der Waals surface area contributed by atoms with Crippen LogP contribution in [0.3, 0.4) is 0 Å². The topological polar surface area (TPSA) is 129 Å². The normalized spacial score (nSPS) is 12.1. The van der Waals surface area contributed by atoms with Gasteiger partial charge in [-0.05, 0) is 55.0 Å². The second-order valence-electron chi connectivity index (χ2n) is 9.49. The number of amides is 3. The lowest BCUT2D eigenvalue weighted by molar-refractivity contribution is -0.123. The fraction of sp³-hybridized carbons (Fsp3) is 0.370. The summed E-state index contributed by atoms with van der Waals surface area (Å²) in [6.45, 7) is 4.52. The molecule has 196 valence electrons. The molecule has 0 spiro atoms. The number of H-pyrrole nitrogens is 1. The number of anilines is 1. The van der Waals surface area contributed by atoms with E-state index in [9.17, 15) is 19.2 Å². The standard InChI is InChI=1S/C27H34N6O4/c1-18(2)15-19-9-7-11-20-25(19)31-23(29-20)16-33-14-8-12-22(27(33)37)30-26(36)21(28-17-34)10-5-6-13-24(35)32(3)4/h6-9,11-14,17-18,21H,5,10,15-16H2,1-4H3,(H,28,34)(H,29,31)(H,30,36)/b13-6+/t21-/m0/s1. The Labute approximate surface area is 215 Å². The molecule has 3 N–H and O–H groups in total. The third-order valence-electron chi connectivity index (χ3n) is 5.78. The molecule has 2 aromatic heterocycles. The zero-order valence-corrected chi connectivity index (χ0v) is 21.7. The van der Waals surface area contributed by atoms with Crippen molar-refractivity contribution in [3.8, 4) is 0 Å². The fourth-order valence-corrected chi connectivity index (χ4v) is 3.93. The van der Waals surface area contributed by atoms with Gasteiger partial charge in [0, 0.05) is 20.3 Å². The quantitative estimate of drug-likeness (QED) is 0.257. The Morgan fingerprint density at radius 1 is 1.19 bits per heavy atom. The summed E-state index contributed by atoms with van der Waals surface area (Å²) in [5.41, 5.74) is 2.67. The first kappa shape index (κ1) is 27.4. The highest BCUT2D eigenvalue weighted by atomic mass is 16.2. The number of carbonyl (C=O) groups is 3. The van der Waals surface area contributed by atoms with E-state index in [2.05, 4.69) is 35.5 Å². The monoisotopic (exact) mass is 506 g/mol. The van der Waals surface area contributed by atoms with Crippen LogP contribution in [0.5, 0.6) is 0 Å². The molecule has 0 unspecified atom stereocenters. The Hall–Kier alpha value is -4.21. The number of hydrogen-bond acceptors (Lipinski definition) is 5. The molecule has 1 atom stereocenters.